The molecule has 4 heteroatoms. The monoisotopic (exact) mass is 379 g/mol. The molecule has 0 fully saturated rings. The van der Waals surface area contributed by atoms with Crippen molar-refractivity contribution in [2.75, 3.05) is 13.7 Å². The molecule has 1 aliphatic rings. The Morgan fingerprint density at radius 3 is 2.57 bits per heavy atom. The molecular weight excluding hydrogens is 350 g/mol. The Hall–Kier alpha value is -2.62. The van der Waals surface area contributed by atoms with E-state index in [0.29, 0.717) is 13.0 Å². The third-order valence-electron chi connectivity index (χ3n) is 5.40. The summed E-state index contributed by atoms with van der Waals surface area (Å²) in [5.41, 5.74) is 5.64. The highest BCUT2D eigenvalue weighted by atomic mass is 16.5. The molecule has 0 radical (unpaired) electrons. The first-order valence-corrected chi connectivity index (χ1v) is 10.1. The molecule has 3 rings (SSSR count). The normalized spacial score (nSPS) is 12.9. The second-order valence-corrected chi connectivity index (χ2v) is 7.53. The fraction of sp³-hybridized carbons (Fsp3) is 0.417. The first-order chi connectivity index (χ1) is 13.6. The predicted molar refractivity (Wildman–Crippen MR) is 111 cm³/mol. The van der Waals surface area contributed by atoms with Crippen LogP contribution >= 0.6 is 0 Å². The summed E-state index contributed by atoms with van der Waals surface area (Å²) in [7, 11) is 1.65. The molecule has 0 aromatic heterocycles. The van der Waals surface area contributed by atoms with Gasteiger partial charge in [-0.15, -0.1) is 0 Å². The Kier molecular flexibility index (Phi) is 6.85. The van der Waals surface area contributed by atoms with Crippen molar-refractivity contribution in [2.24, 2.45) is 0 Å². The summed E-state index contributed by atoms with van der Waals surface area (Å²) in [6.45, 7) is 2.57. The molecule has 148 valence electrons. The number of aryl methyl sites for hydroxylation is 3. The summed E-state index contributed by atoms with van der Waals surface area (Å²) in [5.74, 6) is 0.796. The van der Waals surface area contributed by atoms with Crippen LogP contribution < -0.4 is 10.1 Å². The molecule has 0 atom stereocenters. The van der Waals surface area contributed by atoms with Gasteiger partial charge in [-0.25, -0.2) is 0 Å². The number of nitrogens with one attached hydrogen (secondary N) is 1. The Labute approximate surface area is 167 Å². The summed E-state index contributed by atoms with van der Waals surface area (Å²) in [6.07, 6.45) is 5.76. The lowest BCUT2D eigenvalue weighted by atomic mass is 9.89. The minimum absolute atomic E-state index is 0.0453. The summed E-state index contributed by atoms with van der Waals surface area (Å²) in [5, 5.41) is 2.91. The molecule has 0 saturated carbocycles. The van der Waals surface area contributed by atoms with E-state index in [9.17, 15) is 9.59 Å². The van der Waals surface area contributed by atoms with Crippen LogP contribution in [0, 0.1) is 6.92 Å². The van der Waals surface area contributed by atoms with E-state index < -0.39 is 0 Å². The highest BCUT2D eigenvalue weighted by Gasteiger charge is 2.14. The molecule has 2 aromatic carbocycles. The molecule has 0 unspecified atom stereocenters. The molecule has 28 heavy (non-hydrogen) atoms. The molecule has 1 aliphatic carbocycles. The van der Waals surface area contributed by atoms with Crippen LogP contribution in [0.1, 0.15) is 58.3 Å². The Morgan fingerprint density at radius 1 is 1.00 bits per heavy atom. The van der Waals surface area contributed by atoms with Gasteiger partial charge in [0.1, 0.15) is 5.75 Å². The van der Waals surface area contributed by atoms with Gasteiger partial charge < -0.3 is 10.1 Å². The number of rotatable bonds is 8. The van der Waals surface area contributed by atoms with Gasteiger partial charge in [0.2, 0.25) is 5.91 Å². The van der Waals surface area contributed by atoms with E-state index in [-0.39, 0.29) is 24.5 Å². The quantitative estimate of drug-likeness (QED) is 0.699. The van der Waals surface area contributed by atoms with Crippen LogP contribution in [0.5, 0.6) is 5.75 Å². The number of fused-ring (bicyclic) bond motifs is 1. The van der Waals surface area contributed by atoms with Gasteiger partial charge >= 0.3 is 0 Å². The number of carbonyl (C=O) groups is 2. The van der Waals surface area contributed by atoms with Crippen molar-refractivity contribution >= 4 is 11.7 Å². The highest BCUT2D eigenvalue weighted by Crippen LogP contribution is 2.23. The summed E-state index contributed by atoms with van der Waals surface area (Å²) in [6, 6.07) is 12.0. The summed E-state index contributed by atoms with van der Waals surface area (Å²) < 4.78 is 5.37. The van der Waals surface area contributed by atoms with Crippen LogP contribution in [0.4, 0.5) is 0 Å². The minimum Gasteiger partial charge on any atom is -0.496 e. The van der Waals surface area contributed by atoms with E-state index in [2.05, 4.69) is 17.4 Å². The lowest BCUT2D eigenvalue weighted by Gasteiger charge is -2.16. The largest absolute Gasteiger partial charge is 0.496 e. The average molecular weight is 380 g/mol. The van der Waals surface area contributed by atoms with E-state index in [4.69, 9.17) is 4.74 Å². The van der Waals surface area contributed by atoms with Gasteiger partial charge in [-0.2, -0.15) is 0 Å². The number of carbonyl (C=O) groups excluding carboxylic acids is 2. The van der Waals surface area contributed by atoms with Crippen LogP contribution in [0.15, 0.2) is 36.4 Å². The standard InChI is InChI=1S/C24H29NO3/c1-17-7-11-23(28-2)21(15-17)13-14-25-24(27)12-10-22(26)20-9-8-18-5-3-4-6-19(18)16-20/h7-9,11,15-16H,3-6,10,12-14H2,1-2H3,(H,25,27). The number of ketones is 1. The third-order valence-corrected chi connectivity index (χ3v) is 5.40. The van der Waals surface area contributed by atoms with E-state index in [0.717, 1.165) is 35.3 Å². The number of hydrogen-bond donors (Lipinski definition) is 1. The van der Waals surface area contributed by atoms with Crippen LogP contribution in [-0.2, 0) is 24.1 Å². The van der Waals surface area contributed by atoms with Crippen molar-refractivity contribution < 1.29 is 14.3 Å². The van der Waals surface area contributed by atoms with Gasteiger partial charge in [-0.1, -0.05) is 29.8 Å². The number of Topliss-reactive ketones (excluding diaryl/α,β-unsaturated/α-hetero) is 1. The lowest BCUT2D eigenvalue weighted by Crippen LogP contribution is -2.26. The molecule has 0 bridgehead atoms. The van der Waals surface area contributed by atoms with Crippen molar-refractivity contribution in [1.82, 2.24) is 5.32 Å². The molecule has 2 aromatic rings. The molecule has 4 nitrogen and oxygen atoms in total. The maximum Gasteiger partial charge on any atom is 0.220 e. The number of methoxy groups -OCH3 is 1. The van der Waals surface area contributed by atoms with Gasteiger partial charge in [0.15, 0.2) is 5.78 Å². The van der Waals surface area contributed by atoms with Crippen molar-refractivity contribution in [3.63, 3.8) is 0 Å². The number of benzene rings is 2. The van der Waals surface area contributed by atoms with Gasteiger partial charge in [0.25, 0.3) is 0 Å². The second kappa shape index (κ2) is 9.54. The number of hydrogen-bond acceptors (Lipinski definition) is 3. The first-order valence-electron chi connectivity index (χ1n) is 10.1. The van der Waals surface area contributed by atoms with E-state index in [1.54, 1.807) is 7.11 Å². The molecule has 0 saturated heterocycles. The summed E-state index contributed by atoms with van der Waals surface area (Å²) in [4.78, 5) is 24.6. The van der Waals surface area contributed by atoms with Crippen LogP contribution in [0.3, 0.4) is 0 Å². The topological polar surface area (TPSA) is 55.4 Å². The summed E-state index contributed by atoms with van der Waals surface area (Å²) >= 11 is 0. The van der Waals surface area contributed by atoms with Crippen molar-refractivity contribution in [1.29, 1.82) is 0 Å². The number of ether oxygens (including phenoxy) is 1. The van der Waals surface area contributed by atoms with Gasteiger partial charge in [-0.3, -0.25) is 9.59 Å². The smallest absolute Gasteiger partial charge is 0.220 e. The van der Waals surface area contributed by atoms with Crippen LogP contribution in [0.25, 0.3) is 0 Å². The Bertz CT molecular complexity index is 857. The molecule has 0 heterocycles. The molecule has 1 N–H and O–H groups in total. The van der Waals surface area contributed by atoms with Gasteiger partial charge in [0, 0.05) is 24.9 Å². The van der Waals surface area contributed by atoms with Crippen molar-refractivity contribution in [3.8, 4) is 5.75 Å². The Morgan fingerprint density at radius 2 is 1.79 bits per heavy atom. The lowest BCUT2D eigenvalue weighted by molar-refractivity contribution is -0.121. The number of amides is 1. The zero-order valence-electron chi connectivity index (χ0n) is 16.8. The molecular formula is C24H29NO3. The Balaban J connectivity index is 1.45. The third kappa shape index (κ3) is 5.22. The zero-order chi connectivity index (χ0) is 19.9. The van der Waals surface area contributed by atoms with Crippen molar-refractivity contribution in [3.05, 3.63) is 64.2 Å². The average Bonchev–Trinajstić information content (AvgIpc) is 2.72. The molecule has 1 amide bonds. The molecule has 0 spiro atoms. The van der Waals surface area contributed by atoms with E-state index in [1.165, 1.54) is 24.0 Å². The fourth-order valence-electron chi connectivity index (χ4n) is 3.81. The SMILES string of the molecule is COc1ccc(C)cc1CCNC(=O)CCC(=O)c1ccc2c(c1)CCCC2. The minimum atomic E-state index is -0.0853. The maximum absolute atomic E-state index is 12.5. The van der Waals surface area contributed by atoms with E-state index in [1.807, 2.05) is 31.2 Å². The highest BCUT2D eigenvalue weighted by molar-refractivity contribution is 5.98. The van der Waals surface area contributed by atoms with Crippen LogP contribution in [0.2, 0.25) is 0 Å². The zero-order valence-corrected chi connectivity index (χ0v) is 16.8. The van der Waals surface area contributed by atoms with Gasteiger partial charge in [0.05, 0.1) is 7.11 Å². The first kappa shape index (κ1) is 20.1. The fourth-order valence-corrected chi connectivity index (χ4v) is 3.81. The second-order valence-electron chi connectivity index (χ2n) is 7.53. The molecule has 0 aliphatic heterocycles. The van der Waals surface area contributed by atoms with E-state index >= 15 is 0 Å². The van der Waals surface area contributed by atoms with Gasteiger partial charge in [-0.05, 0) is 67.9 Å². The van der Waals surface area contributed by atoms with Crippen LogP contribution in [-0.4, -0.2) is 25.3 Å². The maximum atomic E-state index is 12.5. The van der Waals surface area contributed by atoms with Crippen molar-refractivity contribution in [2.45, 2.75) is 51.9 Å². The predicted octanol–water partition coefficient (Wildman–Crippen LogP) is 4.20.